The Balaban J connectivity index is 1.80. The third kappa shape index (κ3) is 5.13. The summed E-state index contributed by atoms with van der Waals surface area (Å²) in [6, 6.07) is 11.2. The van der Waals surface area contributed by atoms with Gasteiger partial charge in [0.1, 0.15) is 11.9 Å². The molecule has 130 valence electrons. The molecule has 0 aliphatic rings. The van der Waals surface area contributed by atoms with Crippen LogP contribution in [0, 0.1) is 0 Å². The highest BCUT2D eigenvalue weighted by Crippen LogP contribution is 2.18. The van der Waals surface area contributed by atoms with Crippen LogP contribution in [0.2, 0.25) is 0 Å². The standard InChI is InChI=1S/C19H26N2O3/c1-4-15-7-9-16(10-8-15)14(3)21-19(23)20-13(2)12-17(22)18-6-5-11-24-18/h5-11,13-14,17,22H,4,12H2,1-3H3,(H2,20,21,23). The van der Waals surface area contributed by atoms with Crippen LogP contribution in [-0.2, 0) is 6.42 Å². The molecule has 0 aliphatic carbocycles. The van der Waals surface area contributed by atoms with Gasteiger partial charge in [0.2, 0.25) is 0 Å². The zero-order chi connectivity index (χ0) is 17.5. The lowest BCUT2D eigenvalue weighted by molar-refractivity contribution is 0.129. The van der Waals surface area contributed by atoms with Crippen LogP contribution in [0.3, 0.4) is 0 Å². The molecule has 0 bridgehead atoms. The molecule has 2 rings (SSSR count). The number of urea groups is 1. The van der Waals surface area contributed by atoms with Gasteiger partial charge >= 0.3 is 6.03 Å². The van der Waals surface area contributed by atoms with E-state index in [0.29, 0.717) is 12.2 Å². The first-order valence-electron chi connectivity index (χ1n) is 8.37. The van der Waals surface area contributed by atoms with Crippen LogP contribution in [0.5, 0.6) is 0 Å². The predicted molar refractivity (Wildman–Crippen MR) is 93.6 cm³/mol. The highest BCUT2D eigenvalue weighted by molar-refractivity contribution is 5.74. The Morgan fingerprint density at radius 2 is 1.88 bits per heavy atom. The Kier molecular flexibility index (Phi) is 6.44. The maximum atomic E-state index is 12.1. The smallest absolute Gasteiger partial charge is 0.315 e. The summed E-state index contributed by atoms with van der Waals surface area (Å²) in [5, 5.41) is 15.8. The fourth-order valence-corrected chi connectivity index (χ4v) is 2.58. The number of aryl methyl sites for hydroxylation is 1. The van der Waals surface area contributed by atoms with Crippen molar-refractivity contribution in [2.24, 2.45) is 0 Å². The van der Waals surface area contributed by atoms with Crippen LogP contribution >= 0.6 is 0 Å². The monoisotopic (exact) mass is 330 g/mol. The average molecular weight is 330 g/mol. The number of hydrogen-bond acceptors (Lipinski definition) is 3. The summed E-state index contributed by atoms with van der Waals surface area (Å²) in [7, 11) is 0. The van der Waals surface area contributed by atoms with E-state index >= 15 is 0 Å². The van der Waals surface area contributed by atoms with Gasteiger partial charge in [0.05, 0.1) is 12.3 Å². The number of benzene rings is 1. The van der Waals surface area contributed by atoms with Crippen LogP contribution in [-0.4, -0.2) is 17.2 Å². The summed E-state index contributed by atoms with van der Waals surface area (Å²) in [6.07, 6.45) is 2.18. The number of hydrogen-bond donors (Lipinski definition) is 3. The minimum Gasteiger partial charge on any atom is -0.467 e. The quantitative estimate of drug-likeness (QED) is 0.724. The van der Waals surface area contributed by atoms with Crippen molar-refractivity contribution < 1.29 is 14.3 Å². The number of amides is 2. The Morgan fingerprint density at radius 3 is 2.46 bits per heavy atom. The van der Waals surface area contributed by atoms with Gasteiger partial charge in [0.15, 0.2) is 0 Å². The van der Waals surface area contributed by atoms with E-state index in [0.717, 1.165) is 12.0 Å². The number of carbonyl (C=O) groups excluding carboxylic acids is 1. The van der Waals surface area contributed by atoms with Crippen LogP contribution < -0.4 is 10.6 Å². The molecule has 0 radical (unpaired) electrons. The van der Waals surface area contributed by atoms with E-state index in [-0.39, 0.29) is 18.1 Å². The zero-order valence-corrected chi connectivity index (χ0v) is 14.5. The highest BCUT2D eigenvalue weighted by Gasteiger charge is 2.17. The SMILES string of the molecule is CCc1ccc(C(C)NC(=O)NC(C)CC(O)c2ccco2)cc1. The lowest BCUT2D eigenvalue weighted by atomic mass is 10.1. The van der Waals surface area contributed by atoms with E-state index in [1.807, 2.05) is 26.0 Å². The molecular formula is C19H26N2O3. The van der Waals surface area contributed by atoms with Crippen LogP contribution in [0.1, 0.15) is 56.2 Å². The second-order valence-electron chi connectivity index (χ2n) is 6.10. The number of aliphatic hydroxyl groups is 1. The topological polar surface area (TPSA) is 74.5 Å². The summed E-state index contributed by atoms with van der Waals surface area (Å²) in [5.74, 6) is 0.508. The molecule has 24 heavy (non-hydrogen) atoms. The van der Waals surface area contributed by atoms with Gasteiger partial charge in [0, 0.05) is 12.5 Å². The van der Waals surface area contributed by atoms with Gasteiger partial charge in [-0.1, -0.05) is 31.2 Å². The molecule has 5 heteroatoms. The Labute approximate surface area is 143 Å². The van der Waals surface area contributed by atoms with Gasteiger partial charge in [-0.05, 0) is 43.5 Å². The fourth-order valence-electron chi connectivity index (χ4n) is 2.58. The number of furan rings is 1. The van der Waals surface area contributed by atoms with Crippen molar-refractivity contribution in [3.63, 3.8) is 0 Å². The maximum absolute atomic E-state index is 12.1. The lowest BCUT2D eigenvalue weighted by Crippen LogP contribution is -2.42. The highest BCUT2D eigenvalue weighted by atomic mass is 16.4. The maximum Gasteiger partial charge on any atom is 0.315 e. The zero-order valence-electron chi connectivity index (χ0n) is 14.5. The van der Waals surface area contributed by atoms with Crippen molar-refractivity contribution in [1.82, 2.24) is 10.6 Å². The molecule has 1 aromatic heterocycles. The summed E-state index contributed by atoms with van der Waals surface area (Å²) < 4.78 is 5.16. The summed E-state index contributed by atoms with van der Waals surface area (Å²) in [6.45, 7) is 5.91. The average Bonchev–Trinajstić information content (AvgIpc) is 3.09. The molecule has 5 nitrogen and oxygen atoms in total. The van der Waals surface area contributed by atoms with Crippen molar-refractivity contribution in [1.29, 1.82) is 0 Å². The normalized spacial score (nSPS) is 14.7. The van der Waals surface area contributed by atoms with Gasteiger partial charge < -0.3 is 20.2 Å². The Morgan fingerprint density at radius 1 is 1.17 bits per heavy atom. The van der Waals surface area contributed by atoms with Gasteiger partial charge in [-0.25, -0.2) is 4.79 Å². The second kappa shape index (κ2) is 8.55. The molecular weight excluding hydrogens is 304 g/mol. The van der Waals surface area contributed by atoms with Gasteiger partial charge in [-0.2, -0.15) is 0 Å². The summed E-state index contributed by atoms with van der Waals surface area (Å²) in [5.41, 5.74) is 2.33. The van der Waals surface area contributed by atoms with Crippen molar-refractivity contribution in [3.8, 4) is 0 Å². The largest absolute Gasteiger partial charge is 0.467 e. The predicted octanol–water partition coefficient (Wildman–Crippen LogP) is 3.71. The van der Waals surface area contributed by atoms with Crippen molar-refractivity contribution in [3.05, 3.63) is 59.5 Å². The van der Waals surface area contributed by atoms with E-state index in [1.54, 1.807) is 12.1 Å². The third-order valence-corrected chi connectivity index (χ3v) is 4.06. The number of nitrogens with one attached hydrogen (secondary N) is 2. The molecule has 3 atom stereocenters. The van der Waals surface area contributed by atoms with E-state index in [4.69, 9.17) is 4.42 Å². The van der Waals surface area contributed by atoms with E-state index in [9.17, 15) is 9.90 Å². The molecule has 0 saturated carbocycles. The van der Waals surface area contributed by atoms with Gasteiger partial charge in [-0.15, -0.1) is 0 Å². The molecule has 0 fully saturated rings. The molecule has 1 heterocycles. The van der Waals surface area contributed by atoms with Gasteiger partial charge in [0.25, 0.3) is 0 Å². The first-order chi connectivity index (χ1) is 11.5. The molecule has 0 saturated heterocycles. The van der Waals surface area contributed by atoms with E-state index in [2.05, 4.69) is 29.7 Å². The molecule has 0 spiro atoms. The minimum absolute atomic E-state index is 0.0851. The first kappa shape index (κ1) is 18.1. The molecule has 1 aromatic carbocycles. The molecule has 3 N–H and O–H groups in total. The van der Waals surface area contributed by atoms with Crippen LogP contribution in [0.15, 0.2) is 47.1 Å². The minimum atomic E-state index is -0.727. The molecule has 0 aliphatic heterocycles. The lowest BCUT2D eigenvalue weighted by Gasteiger charge is -2.20. The van der Waals surface area contributed by atoms with E-state index in [1.165, 1.54) is 11.8 Å². The summed E-state index contributed by atoms with van der Waals surface area (Å²) >= 11 is 0. The van der Waals surface area contributed by atoms with E-state index < -0.39 is 6.10 Å². The number of rotatable bonds is 7. The molecule has 2 amide bonds. The van der Waals surface area contributed by atoms with Crippen LogP contribution in [0.25, 0.3) is 0 Å². The summed E-state index contributed by atoms with van der Waals surface area (Å²) in [4.78, 5) is 12.1. The Hall–Kier alpha value is -2.27. The van der Waals surface area contributed by atoms with Crippen molar-refractivity contribution in [2.75, 3.05) is 0 Å². The molecule has 2 aromatic rings. The first-order valence-corrected chi connectivity index (χ1v) is 8.37. The molecule has 3 unspecified atom stereocenters. The second-order valence-corrected chi connectivity index (χ2v) is 6.10. The Bertz CT molecular complexity index is 623. The van der Waals surface area contributed by atoms with Crippen LogP contribution in [0.4, 0.5) is 4.79 Å². The van der Waals surface area contributed by atoms with Crippen molar-refractivity contribution in [2.45, 2.75) is 51.8 Å². The van der Waals surface area contributed by atoms with Crippen molar-refractivity contribution >= 4 is 6.03 Å². The van der Waals surface area contributed by atoms with Gasteiger partial charge in [-0.3, -0.25) is 0 Å². The number of carbonyl (C=O) groups is 1. The third-order valence-electron chi connectivity index (χ3n) is 4.06. The number of aliphatic hydroxyl groups excluding tert-OH is 1. The fraction of sp³-hybridized carbons (Fsp3) is 0.421.